The average Bonchev–Trinajstić information content (AvgIpc) is 2.62. The first kappa shape index (κ1) is 21.9. The molecule has 0 radical (unpaired) electrons. The van der Waals surface area contributed by atoms with Crippen molar-refractivity contribution in [2.45, 2.75) is 47.1 Å². The van der Waals surface area contributed by atoms with E-state index in [-0.39, 0.29) is 5.17 Å². The summed E-state index contributed by atoms with van der Waals surface area (Å²) in [5, 5.41) is 6.54. The second-order valence-corrected chi connectivity index (χ2v) is 8.11. The van der Waals surface area contributed by atoms with Gasteiger partial charge in [-0.1, -0.05) is 36.3 Å². The van der Waals surface area contributed by atoms with E-state index in [9.17, 15) is 4.79 Å². The lowest BCUT2D eigenvalue weighted by molar-refractivity contribution is 0.0564. The lowest BCUT2D eigenvalue weighted by Gasteiger charge is -2.20. The van der Waals surface area contributed by atoms with Crippen LogP contribution in [0.25, 0.3) is 0 Å². The molecule has 144 valence electrons. The van der Waals surface area contributed by atoms with Crippen molar-refractivity contribution in [1.82, 2.24) is 5.32 Å². The molecule has 0 fully saturated rings. The summed E-state index contributed by atoms with van der Waals surface area (Å²) in [4.78, 5) is 11.8. The summed E-state index contributed by atoms with van der Waals surface area (Å²) >= 11 is 1.03. The normalized spacial score (nSPS) is 18.2. The van der Waals surface area contributed by atoms with Crippen molar-refractivity contribution in [3.63, 3.8) is 0 Å². The fourth-order valence-electron chi connectivity index (χ4n) is 2.16. The Morgan fingerprint density at radius 2 is 2.04 bits per heavy atom. The number of thioether (sulfide) groups is 1. The van der Waals surface area contributed by atoms with E-state index in [2.05, 4.69) is 56.0 Å². The number of hydrogen-bond donors (Lipinski definition) is 2. The van der Waals surface area contributed by atoms with Crippen LogP contribution < -0.4 is 11.2 Å². The molecule has 3 N–H and O–H groups in total. The van der Waals surface area contributed by atoms with Gasteiger partial charge in [-0.3, -0.25) is 5.32 Å². The van der Waals surface area contributed by atoms with Crippen LogP contribution in [0.15, 0.2) is 51.7 Å². The van der Waals surface area contributed by atoms with Crippen LogP contribution >= 0.6 is 11.8 Å². The number of carbonyl (C=O) groups excluding carboxylic acids is 1. The smallest absolute Gasteiger partial charge is 0.413 e. The highest BCUT2D eigenvalue weighted by atomic mass is 32.2. The number of nitrogens with two attached hydrogens (primary N) is 1. The van der Waals surface area contributed by atoms with Gasteiger partial charge in [0.25, 0.3) is 0 Å². The molecule has 1 rings (SSSR count). The van der Waals surface area contributed by atoms with Gasteiger partial charge in [-0.2, -0.15) is 5.10 Å². The molecule has 0 aromatic heterocycles. The number of ether oxygens (including phenoxy) is 2. The molecule has 26 heavy (non-hydrogen) atoms. The summed E-state index contributed by atoms with van der Waals surface area (Å²) in [5.41, 5.74) is 2.95. The van der Waals surface area contributed by atoms with Crippen molar-refractivity contribution >= 4 is 23.0 Å². The van der Waals surface area contributed by atoms with Crippen LogP contribution in [-0.4, -0.2) is 23.5 Å². The maximum Gasteiger partial charge on any atom is 0.413 e. The molecule has 1 atom stereocenters. The SMILES string of the molecule is C=C(OCC1=C(C)C(C)C=C(C)C=C1)S/C(=N\N)NC(=O)OC(C)(C)C. The number of amides is 1. The van der Waals surface area contributed by atoms with Gasteiger partial charge in [0, 0.05) is 0 Å². The van der Waals surface area contributed by atoms with Crippen LogP contribution in [-0.2, 0) is 9.47 Å². The highest BCUT2D eigenvalue weighted by Crippen LogP contribution is 2.25. The van der Waals surface area contributed by atoms with E-state index < -0.39 is 11.7 Å². The molecule has 1 aliphatic rings. The Kier molecular flexibility index (Phi) is 8.02. The number of allylic oxidation sites excluding steroid dienone is 4. The quantitative estimate of drug-likeness (QED) is 0.248. The first-order valence-corrected chi connectivity index (χ1v) is 9.17. The van der Waals surface area contributed by atoms with Crippen LogP contribution in [0, 0.1) is 5.92 Å². The fourth-order valence-corrected chi connectivity index (χ4v) is 2.68. The Labute approximate surface area is 160 Å². The fraction of sp³-hybridized carbons (Fsp3) is 0.474. The molecule has 0 bridgehead atoms. The van der Waals surface area contributed by atoms with Crippen molar-refractivity contribution in [3.8, 4) is 0 Å². The third kappa shape index (κ3) is 7.82. The molecule has 7 heteroatoms. The Morgan fingerprint density at radius 1 is 1.38 bits per heavy atom. The average molecular weight is 380 g/mol. The van der Waals surface area contributed by atoms with Gasteiger partial charge in [0.15, 0.2) is 10.3 Å². The van der Waals surface area contributed by atoms with E-state index in [0.717, 1.165) is 17.3 Å². The van der Waals surface area contributed by atoms with Gasteiger partial charge in [-0.25, -0.2) is 4.79 Å². The number of nitrogens with zero attached hydrogens (tertiary/aromatic N) is 1. The van der Waals surface area contributed by atoms with Crippen molar-refractivity contribution in [1.29, 1.82) is 0 Å². The van der Waals surface area contributed by atoms with Crippen LogP contribution in [0.3, 0.4) is 0 Å². The van der Waals surface area contributed by atoms with Crippen molar-refractivity contribution in [2.75, 3.05) is 6.61 Å². The number of hydrogen-bond acceptors (Lipinski definition) is 6. The third-order valence-electron chi connectivity index (χ3n) is 3.57. The van der Waals surface area contributed by atoms with Crippen molar-refractivity contribution in [2.24, 2.45) is 16.9 Å². The third-order valence-corrected chi connectivity index (χ3v) is 4.32. The molecular weight excluding hydrogens is 350 g/mol. The van der Waals surface area contributed by atoms with Crippen molar-refractivity contribution < 1.29 is 14.3 Å². The molecule has 0 aliphatic heterocycles. The van der Waals surface area contributed by atoms with E-state index in [1.807, 2.05) is 0 Å². The first-order valence-electron chi connectivity index (χ1n) is 8.35. The van der Waals surface area contributed by atoms with Crippen LogP contribution in [0.2, 0.25) is 0 Å². The summed E-state index contributed by atoms with van der Waals surface area (Å²) in [6.07, 6.45) is 5.70. The van der Waals surface area contributed by atoms with E-state index in [0.29, 0.717) is 17.6 Å². The lowest BCUT2D eigenvalue weighted by Crippen LogP contribution is -2.35. The number of amidine groups is 1. The summed E-state index contributed by atoms with van der Waals surface area (Å²) in [6, 6.07) is 0. The Balaban J connectivity index is 2.59. The Hall–Kier alpha value is -2.15. The Morgan fingerprint density at radius 3 is 2.62 bits per heavy atom. The van der Waals surface area contributed by atoms with Gasteiger partial charge >= 0.3 is 6.09 Å². The van der Waals surface area contributed by atoms with Crippen LogP contribution in [0.1, 0.15) is 41.5 Å². The van der Waals surface area contributed by atoms with Crippen LogP contribution in [0.5, 0.6) is 0 Å². The molecule has 6 nitrogen and oxygen atoms in total. The standard InChI is InChI=1S/C19H29N3O3S/c1-12-8-9-16(14(3)13(2)10-12)11-24-15(4)26-17(22-20)21-18(23)25-19(5,6)7/h8-10,13H,4,11,20H2,1-3,5-7H3,(H,21,22,23). The molecule has 1 unspecified atom stereocenters. The largest absolute Gasteiger partial charge is 0.483 e. The summed E-state index contributed by atoms with van der Waals surface area (Å²) in [5.74, 6) is 5.67. The highest BCUT2D eigenvalue weighted by Gasteiger charge is 2.18. The molecule has 1 aliphatic carbocycles. The summed E-state index contributed by atoms with van der Waals surface area (Å²) < 4.78 is 10.9. The van der Waals surface area contributed by atoms with Gasteiger partial charge in [0.2, 0.25) is 0 Å². The maximum atomic E-state index is 11.8. The summed E-state index contributed by atoms with van der Waals surface area (Å²) in [6.45, 7) is 15.9. The molecule has 0 aromatic rings. The molecule has 1 amide bonds. The minimum atomic E-state index is -0.636. The number of alkyl carbamates (subject to hydrolysis) is 1. The summed E-state index contributed by atoms with van der Waals surface area (Å²) in [7, 11) is 0. The molecule has 0 spiro atoms. The van der Waals surface area contributed by atoms with Gasteiger partial charge in [-0.15, -0.1) is 0 Å². The second-order valence-electron chi connectivity index (χ2n) is 7.06. The predicted octanol–water partition coefficient (Wildman–Crippen LogP) is 4.43. The van der Waals surface area contributed by atoms with Gasteiger partial charge in [0.05, 0.1) is 0 Å². The zero-order valence-electron chi connectivity index (χ0n) is 16.4. The number of rotatable bonds is 4. The molecule has 0 aromatic carbocycles. The zero-order valence-corrected chi connectivity index (χ0v) is 17.2. The van der Waals surface area contributed by atoms with E-state index in [1.165, 1.54) is 11.1 Å². The van der Waals surface area contributed by atoms with Gasteiger partial charge < -0.3 is 15.3 Å². The molecule has 0 heterocycles. The van der Waals surface area contributed by atoms with E-state index in [4.69, 9.17) is 15.3 Å². The van der Waals surface area contributed by atoms with E-state index in [1.54, 1.807) is 20.8 Å². The first-order chi connectivity index (χ1) is 12.0. The number of nitrogens with one attached hydrogen (secondary N) is 1. The zero-order chi connectivity index (χ0) is 19.9. The molecular formula is C19H29N3O3S. The molecule has 0 saturated heterocycles. The van der Waals surface area contributed by atoms with E-state index >= 15 is 0 Å². The van der Waals surface area contributed by atoms with Crippen molar-refractivity contribution in [3.05, 3.63) is 46.6 Å². The topological polar surface area (TPSA) is 85.9 Å². The van der Waals surface area contributed by atoms with Gasteiger partial charge in [0.1, 0.15) is 12.2 Å². The molecule has 0 saturated carbocycles. The Bertz CT molecular complexity index is 670. The minimum absolute atomic E-state index is 0.150. The highest BCUT2D eigenvalue weighted by molar-refractivity contribution is 8.16. The second kappa shape index (κ2) is 9.52. The predicted molar refractivity (Wildman–Crippen MR) is 108 cm³/mol. The maximum absolute atomic E-state index is 11.8. The number of carbonyl (C=O) groups is 1. The minimum Gasteiger partial charge on any atom is -0.483 e. The van der Waals surface area contributed by atoms with Crippen LogP contribution in [0.4, 0.5) is 4.79 Å². The monoisotopic (exact) mass is 379 g/mol. The lowest BCUT2D eigenvalue weighted by atomic mass is 9.98. The number of hydrazone groups is 1. The van der Waals surface area contributed by atoms with Gasteiger partial charge in [-0.05, 0) is 64.5 Å².